The van der Waals surface area contributed by atoms with Gasteiger partial charge in [0.05, 0.1) is 0 Å². The molecular formula is C8H10BiFS2. The van der Waals surface area contributed by atoms with Crippen LogP contribution in [0.3, 0.4) is 0 Å². The summed E-state index contributed by atoms with van der Waals surface area (Å²) in [6, 6.07) is 7.98. The van der Waals surface area contributed by atoms with E-state index in [2.05, 4.69) is 0 Å². The molecule has 0 radical (unpaired) electrons. The molecule has 0 fully saturated rings. The maximum absolute atomic E-state index is 14.2. The molecule has 4 heteroatoms. The molecule has 66 valence electrons. The Kier molecular flexibility index (Phi) is 2.03. The zero-order valence-corrected chi connectivity index (χ0v) is 12.1. The predicted octanol–water partition coefficient (Wildman–Crippen LogP) is 4.01. The molecule has 0 spiro atoms. The van der Waals surface area contributed by atoms with Gasteiger partial charge in [-0.25, -0.2) is 0 Å². The monoisotopic (exact) mass is 398 g/mol. The van der Waals surface area contributed by atoms with E-state index in [1.54, 1.807) is 0 Å². The number of hydrogen-bond donors (Lipinski definition) is 0. The Morgan fingerprint density at radius 1 is 1.08 bits per heavy atom. The van der Waals surface area contributed by atoms with Crippen molar-refractivity contribution in [3.63, 3.8) is 0 Å². The van der Waals surface area contributed by atoms with Crippen LogP contribution >= 0.6 is 17.0 Å². The third-order valence-corrected chi connectivity index (χ3v) is 24.2. The van der Waals surface area contributed by atoms with Crippen molar-refractivity contribution in [2.24, 2.45) is 0 Å². The number of rotatable bonds is 0. The topological polar surface area (TPSA) is 0 Å². The van der Waals surface area contributed by atoms with Gasteiger partial charge >= 0.3 is 79.4 Å². The number of hydrogen-bond acceptors (Lipinski definition) is 2. The van der Waals surface area contributed by atoms with Crippen molar-refractivity contribution in [2.45, 2.75) is 19.1 Å². The van der Waals surface area contributed by atoms with Crippen molar-refractivity contribution in [3.8, 4) is 0 Å². The molecule has 0 amide bonds. The van der Waals surface area contributed by atoms with Crippen molar-refractivity contribution in [1.82, 2.24) is 0 Å². The summed E-state index contributed by atoms with van der Waals surface area (Å²) < 4.78 is 17.9. The van der Waals surface area contributed by atoms with Crippen LogP contribution in [0, 0.1) is 0 Å². The van der Waals surface area contributed by atoms with Gasteiger partial charge in [-0.3, -0.25) is 0 Å². The van der Waals surface area contributed by atoms with E-state index >= 15 is 0 Å². The number of halogens is 1. The van der Waals surface area contributed by atoms with Gasteiger partial charge in [-0.05, 0) is 0 Å². The van der Waals surface area contributed by atoms with Gasteiger partial charge in [0, 0.05) is 0 Å². The minimum absolute atomic E-state index is 1.14. The first-order valence-electron chi connectivity index (χ1n) is 3.66. The van der Waals surface area contributed by atoms with Crippen molar-refractivity contribution >= 4 is 33.5 Å². The number of fused-ring (bicyclic) bond motifs is 1. The fourth-order valence-corrected chi connectivity index (χ4v) is 26.8. The molecule has 0 unspecified atom stereocenters. The second kappa shape index (κ2) is 2.62. The van der Waals surface area contributed by atoms with Crippen molar-refractivity contribution < 1.29 is 2.63 Å². The molecule has 0 nitrogen and oxygen atoms in total. The Morgan fingerprint density at radius 2 is 1.50 bits per heavy atom. The first-order chi connectivity index (χ1) is 5.44. The van der Waals surface area contributed by atoms with Crippen LogP contribution < -0.4 is 0 Å². The van der Waals surface area contributed by atoms with Crippen LogP contribution in [0.4, 0.5) is 2.63 Å². The van der Waals surface area contributed by atoms with Gasteiger partial charge in [0.1, 0.15) is 0 Å². The van der Waals surface area contributed by atoms with Gasteiger partial charge in [-0.2, -0.15) is 0 Å². The standard InChI is InChI=1S/C6H6S2.2CH3.Bi.FH/c7-5-3-1-2-4-6(5)8;;;;/h1-4,7-8H;2*1H3;;1H/q;;;+3;/p-3. The zero-order chi connectivity index (χ0) is 8.84. The average Bonchev–Trinajstić information content (AvgIpc) is 2.16. The molecule has 12 heavy (non-hydrogen) atoms. The van der Waals surface area contributed by atoms with E-state index in [9.17, 15) is 2.63 Å². The summed E-state index contributed by atoms with van der Waals surface area (Å²) in [6.45, 7) is 0. The van der Waals surface area contributed by atoms with Crippen LogP contribution in [0.1, 0.15) is 0 Å². The molecule has 1 aromatic carbocycles. The van der Waals surface area contributed by atoms with Gasteiger partial charge in [0.2, 0.25) is 0 Å². The van der Waals surface area contributed by atoms with Crippen LogP contribution in [-0.4, -0.2) is 16.5 Å². The normalized spacial score (nSPS) is 27.1. The maximum atomic E-state index is 14.2. The van der Waals surface area contributed by atoms with Crippen LogP contribution in [0.25, 0.3) is 0 Å². The van der Waals surface area contributed by atoms with E-state index in [0.29, 0.717) is 0 Å². The summed E-state index contributed by atoms with van der Waals surface area (Å²) in [7, 11) is 3.01. The summed E-state index contributed by atoms with van der Waals surface area (Å²) in [5.41, 5.74) is 0. The molecule has 0 aliphatic carbocycles. The molecule has 0 saturated carbocycles. The Labute approximate surface area is 78.8 Å². The number of benzene rings is 1. The van der Waals surface area contributed by atoms with E-state index < -0.39 is 16.5 Å². The van der Waals surface area contributed by atoms with Gasteiger partial charge in [0.15, 0.2) is 0 Å². The summed E-state index contributed by atoms with van der Waals surface area (Å²) >= 11 is -3.86. The Hall–Kier alpha value is 0.733. The third-order valence-electron chi connectivity index (χ3n) is 1.55. The predicted molar refractivity (Wildman–Crippen MR) is 56.7 cm³/mol. The van der Waals surface area contributed by atoms with Crippen molar-refractivity contribution in [1.29, 1.82) is 0 Å². The quantitative estimate of drug-likeness (QED) is 0.606. The van der Waals surface area contributed by atoms with Gasteiger partial charge < -0.3 is 0 Å². The van der Waals surface area contributed by atoms with E-state index in [4.69, 9.17) is 0 Å². The second-order valence-corrected chi connectivity index (χ2v) is 42.8. The fraction of sp³-hybridized carbons (Fsp3) is 0.250. The van der Waals surface area contributed by atoms with E-state index in [0.717, 1.165) is 9.79 Å². The SMILES string of the molecule is [CH3][Bi]1([CH3])([F])[S]c2ccccc2[S]1. The van der Waals surface area contributed by atoms with Gasteiger partial charge in [0.25, 0.3) is 0 Å². The van der Waals surface area contributed by atoms with E-state index in [-0.39, 0.29) is 0 Å². The first-order valence-corrected chi connectivity index (χ1v) is 22.0. The zero-order valence-electron chi connectivity index (χ0n) is 6.95. The summed E-state index contributed by atoms with van der Waals surface area (Å²) in [5, 5.41) is 0. The molecule has 0 N–H and O–H groups in total. The van der Waals surface area contributed by atoms with E-state index in [1.165, 1.54) is 17.0 Å². The molecule has 1 aromatic rings. The molecule has 0 saturated heterocycles. The van der Waals surface area contributed by atoms with Crippen LogP contribution in [0.15, 0.2) is 34.1 Å². The molecule has 1 aliphatic rings. The van der Waals surface area contributed by atoms with Crippen LogP contribution in [0.5, 0.6) is 0 Å². The van der Waals surface area contributed by atoms with E-state index in [1.807, 2.05) is 33.5 Å². The summed E-state index contributed by atoms with van der Waals surface area (Å²) in [4.78, 5) is 2.28. The molecule has 0 aromatic heterocycles. The Bertz CT molecular complexity index is 300. The van der Waals surface area contributed by atoms with Gasteiger partial charge in [-0.1, -0.05) is 0 Å². The molecule has 0 bridgehead atoms. The third kappa shape index (κ3) is 1.81. The molecular weight excluding hydrogens is 388 g/mol. The molecule has 2 rings (SSSR count). The van der Waals surface area contributed by atoms with Gasteiger partial charge in [-0.15, -0.1) is 0 Å². The second-order valence-electron chi connectivity index (χ2n) is 3.36. The average molecular weight is 398 g/mol. The fourth-order valence-electron chi connectivity index (χ4n) is 1.17. The Balaban J connectivity index is 2.47. The molecule has 0 atom stereocenters. The molecule has 1 aliphatic heterocycles. The summed E-state index contributed by atoms with van der Waals surface area (Å²) in [5.74, 6) is 0. The van der Waals surface area contributed by atoms with Crippen LogP contribution in [-0.2, 0) is 0 Å². The van der Waals surface area contributed by atoms with Crippen molar-refractivity contribution in [2.75, 3.05) is 0 Å². The van der Waals surface area contributed by atoms with Crippen molar-refractivity contribution in [3.05, 3.63) is 24.3 Å². The van der Waals surface area contributed by atoms with Crippen LogP contribution in [0.2, 0.25) is 9.26 Å². The Morgan fingerprint density at radius 3 is 1.92 bits per heavy atom. The first kappa shape index (κ1) is 9.29. The summed E-state index contributed by atoms with van der Waals surface area (Å²) in [6.07, 6.45) is 0. The minimum atomic E-state index is -3.86. The molecule has 1 heterocycles.